The molecule has 1 N–H and O–H groups in total. The third kappa shape index (κ3) is 4.30. The van der Waals surface area contributed by atoms with Crippen molar-refractivity contribution in [3.8, 4) is 5.75 Å². The third-order valence-corrected chi connectivity index (χ3v) is 4.96. The maximum atomic E-state index is 12.6. The SMILES string of the molecule is COc1ccc(C)cc1C(C)NC(=O)c1ccc(N2CCCCC2=O)cc1. The molecular formula is C22H26N2O3. The van der Waals surface area contributed by atoms with Crippen molar-refractivity contribution >= 4 is 17.5 Å². The second kappa shape index (κ2) is 8.25. The first-order valence-corrected chi connectivity index (χ1v) is 9.35. The van der Waals surface area contributed by atoms with Crippen LogP contribution in [0, 0.1) is 6.92 Å². The average molecular weight is 366 g/mol. The Bertz CT molecular complexity index is 830. The van der Waals surface area contributed by atoms with Gasteiger partial charge in [-0.25, -0.2) is 0 Å². The van der Waals surface area contributed by atoms with Crippen molar-refractivity contribution in [1.82, 2.24) is 5.32 Å². The number of anilines is 1. The number of carbonyl (C=O) groups is 2. The summed E-state index contributed by atoms with van der Waals surface area (Å²) in [5, 5.41) is 3.02. The first-order chi connectivity index (χ1) is 13.0. The van der Waals surface area contributed by atoms with Crippen LogP contribution < -0.4 is 15.0 Å². The molecule has 5 heteroatoms. The van der Waals surface area contributed by atoms with Gasteiger partial charge in [-0.2, -0.15) is 0 Å². The molecule has 0 radical (unpaired) electrons. The van der Waals surface area contributed by atoms with Crippen LogP contribution in [0.5, 0.6) is 5.75 Å². The maximum absolute atomic E-state index is 12.6. The van der Waals surface area contributed by atoms with Crippen molar-refractivity contribution in [2.75, 3.05) is 18.6 Å². The van der Waals surface area contributed by atoms with Gasteiger partial charge in [0.1, 0.15) is 5.75 Å². The molecule has 1 saturated heterocycles. The fourth-order valence-electron chi connectivity index (χ4n) is 3.42. The number of nitrogens with zero attached hydrogens (tertiary/aromatic N) is 1. The highest BCUT2D eigenvalue weighted by atomic mass is 16.5. The fourth-order valence-corrected chi connectivity index (χ4v) is 3.42. The molecule has 0 bridgehead atoms. The first-order valence-electron chi connectivity index (χ1n) is 9.35. The maximum Gasteiger partial charge on any atom is 0.251 e. The lowest BCUT2D eigenvalue weighted by Gasteiger charge is -2.26. The van der Waals surface area contributed by atoms with E-state index in [1.807, 2.05) is 44.2 Å². The van der Waals surface area contributed by atoms with E-state index < -0.39 is 0 Å². The lowest BCUT2D eigenvalue weighted by atomic mass is 10.0. The lowest BCUT2D eigenvalue weighted by Crippen LogP contribution is -2.35. The highest BCUT2D eigenvalue weighted by Gasteiger charge is 2.20. The van der Waals surface area contributed by atoms with Gasteiger partial charge in [-0.15, -0.1) is 0 Å². The Morgan fingerprint density at radius 2 is 1.89 bits per heavy atom. The molecule has 1 heterocycles. The molecule has 2 aromatic carbocycles. The molecule has 0 aromatic heterocycles. The number of piperidine rings is 1. The van der Waals surface area contributed by atoms with Crippen LogP contribution in [0.25, 0.3) is 0 Å². The summed E-state index contributed by atoms with van der Waals surface area (Å²) in [4.78, 5) is 26.5. The van der Waals surface area contributed by atoms with E-state index >= 15 is 0 Å². The zero-order valence-corrected chi connectivity index (χ0v) is 16.1. The highest BCUT2D eigenvalue weighted by Crippen LogP contribution is 2.27. The van der Waals surface area contributed by atoms with Gasteiger partial charge in [0.2, 0.25) is 5.91 Å². The first kappa shape index (κ1) is 19.0. The molecule has 1 atom stereocenters. The molecular weight excluding hydrogens is 340 g/mol. The Hall–Kier alpha value is -2.82. The van der Waals surface area contributed by atoms with E-state index in [0.717, 1.165) is 42.0 Å². The summed E-state index contributed by atoms with van der Waals surface area (Å²) in [6.07, 6.45) is 2.57. The van der Waals surface area contributed by atoms with Gasteiger partial charge in [0.15, 0.2) is 0 Å². The number of rotatable bonds is 5. The van der Waals surface area contributed by atoms with Gasteiger partial charge in [-0.1, -0.05) is 17.7 Å². The number of hydrogen-bond acceptors (Lipinski definition) is 3. The predicted molar refractivity (Wildman–Crippen MR) is 106 cm³/mol. The van der Waals surface area contributed by atoms with Gasteiger partial charge in [0.05, 0.1) is 13.2 Å². The summed E-state index contributed by atoms with van der Waals surface area (Å²) in [6, 6.07) is 13.0. The van der Waals surface area contributed by atoms with Crippen LogP contribution in [0.3, 0.4) is 0 Å². The molecule has 1 aliphatic rings. The minimum absolute atomic E-state index is 0.150. The normalized spacial score (nSPS) is 15.4. The monoisotopic (exact) mass is 366 g/mol. The summed E-state index contributed by atoms with van der Waals surface area (Å²) in [7, 11) is 1.63. The van der Waals surface area contributed by atoms with Crippen molar-refractivity contribution in [3.63, 3.8) is 0 Å². The quantitative estimate of drug-likeness (QED) is 0.870. The van der Waals surface area contributed by atoms with E-state index in [1.165, 1.54) is 0 Å². The fraction of sp³-hybridized carbons (Fsp3) is 0.364. The van der Waals surface area contributed by atoms with E-state index in [1.54, 1.807) is 24.1 Å². The van der Waals surface area contributed by atoms with Crippen molar-refractivity contribution in [2.45, 2.75) is 39.2 Å². The Balaban J connectivity index is 1.71. The summed E-state index contributed by atoms with van der Waals surface area (Å²) in [5.74, 6) is 0.758. The molecule has 142 valence electrons. The molecule has 1 aliphatic heterocycles. The Labute approximate surface area is 160 Å². The van der Waals surface area contributed by atoms with E-state index in [-0.39, 0.29) is 17.9 Å². The van der Waals surface area contributed by atoms with Crippen LogP contribution in [-0.4, -0.2) is 25.5 Å². The lowest BCUT2D eigenvalue weighted by molar-refractivity contribution is -0.119. The smallest absolute Gasteiger partial charge is 0.251 e. The predicted octanol–water partition coefficient (Wildman–Crippen LogP) is 4.01. The Kier molecular flexibility index (Phi) is 5.79. The van der Waals surface area contributed by atoms with Crippen LogP contribution in [0.15, 0.2) is 42.5 Å². The second-order valence-electron chi connectivity index (χ2n) is 6.99. The number of amides is 2. The number of ether oxygens (including phenoxy) is 1. The van der Waals surface area contributed by atoms with Crippen LogP contribution in [0.2, 0.25) is 0 Å². The standard InChI is InChI=1S/C22H26N2O3/c1-15-7-12-20(27-3)19(14-15)16(2)23-22(26)17-8-10-18(11-9-17)24-13-5-4-6-21(24)25/h7-12,14,16H,4-6,13H2,1-3H3,(H,23,26). The summed E-state index contributed by atoms with van der Waals surface area (Å²) >= 11 is 0. The number of benzene rings is 2. The van der Waals surface area contributed by atoms with Gasteiger partial charge in [0, 0.05) is 29.8 Å². The second-order valence-corrected chi connectivity index (χ2v) is 6.99. The topological polar surface area (TPSA) is 58.6 Å². The summed E-state index contributed by atoms with van der Waals surface area (Å²) in [6.45, 7) is 4.70. The number of carbonyl (C=O) groups excluding carboxylic acids is 2. The van der Waals surface area contributed by atoms with E-state index in [4.69, 9.17) is 4.74 Å². The molecule has 2 aromatic rings. The molecule has 1 unspecified atom stereocenters. The molecule has 3 rings (SSSR count). The van der Waals surface area contributed by atoms with Crippen LogP contribution in [0.1, 0.15) is 53.7 Å². The van der Waals surface area contributed by atoms with E-state index in [0.29, 0.717) is 12.0 Å². The van der Waals surface area contributed by atoms with Crippen LogP contribution in [-0.2, 0) is 4.79 Å². The van der Waals surface area contributed by atoms with Crippen molar-refractivity contribution in [2.24, 2.45) is 0 Å². The molecule has 27 heavy (non-hydrogen) atoms. The number of aryl methyl sites for hydroxylation is 1. The van der Waals surface area contributed by atoms with Gasteiger partial charge in [-0.3, -0.25) is 9.59 Å². The van der Waals surface area contributed by atoms with Gasteiger partial charge in [-0.05, 0) is 57.0 Å². The summed E-state index contributed by atoms with van der Waals surface area (Å²) in [5.41, 5.74) is 3.48. The molecule has 0 aliphatic carbocycles. The number of nitrogens with one attached hydrogen (secondary N) is 1. The van der Waals surface area contributed by atoms with E-state index in [9.17, 15) is 9.59 Å². The van der Waals surface area contributed by atoms with Gasteiger partial charge < -0.3 is 15.0 Å². The molecule has 1 fully saturated rings. The molecule has 2 amide bonds. The largest absolute Gasteiger partial charge is 0.496 e. The van der Waals surface area contributed by atoms with Crippen LogP contribution in [0.4, 0.5) is 5.69 Å². The minimum atomic E-state index is -0.185. The molecule has 0 spiro atoms. The van der Waals surface area contributed by atoms with E-state index in [2.05, 4.69) is 5.32 Å². The van der Waals surface area contributed by atoms with Crippen molar-refractivity contribution < 1.29 is 14.3 Å². The van der Waals surface area contributed by atoms with Crippen molar-refractivity contribution in [1.29, 1.82) is 0 Å². The zero-order valence-electron chi connectivity index (χ0n) is 16.1. The van der Waals surface area contributed by atoms with Gasteiger partial charge in [0.25, 0.3) is 5.91 Å². The third-order valence-electron chi connectivity index (χ3n) is 4.96. The Morgan fingerprint density at radius 3 is 2.56 bits per heavy atom. The number of hydrogen-bond donors (Lipinski definition) is 1. The number of methoxy groups -OCH3 is 1. The average Bonchev–Trinajstić information content (AvgIpc) is 2.68. The summed E-state index contributed by atoms with van der Waals surface area (Å²) < 4.78 is 5.41. The van der Waals surface area contributed by atoms with Gasteiger partial charge >= 0.3 is 0 Å². The molecule has 5 nitrogen and oxygen atoms in total. The zero-order chi connectivity index (χ0) is 19.4. The minimum Gasteiger partial charge on any atom is -0.496 e. The van der Waals surface area contributed by atoms with Crippen molar-refractivity contribution in [3.05, 3.63) is 59.2 Å². The molecule has 0 saturated carbocycles. The van der Waals surface area contributed by atoms with Crippen LogP contribution >= 0.6 is 0 Å². The Morgan fingerprint density at radius 1 is 1.15 bits per heavy atom. The highest BCUT2D eigenvalue weighted by molar-refractivity contribution is 5.97.